The summed E-state index contributed by atoms with van der Waals surface area (Å²) in [5.74, 6) is 6.38. The second-order valence-electron chi connectivity index (χ2n) is 8.89. The normalized spacial score (nSPS) is 15.1. The minimum absolute atomic E-state index is 0.410. The van der Waals surface area contributed by atoms with Crippen molar-refractivity contribution in [1.82, 2.24) is 9.88 Å². The summed E-state index contributed by atoms with van der Waals surface area (Å²) >= 11 is 0. The van der Waals surface area contributed by atoms with Gasteiger partial charge in [-0.3, -0.25) is 4.90 Å². The van der Waals surface area contributed by atoms with Gasteiger partial charge in [0.25, 0.3) is 0 Å². The van der Waals surface area contributed by atoms with E-state index < -0.39 is 7.14 Å². The molecule has 3 aromatic rings. The van der Waals surface area contributed by atoms with Gasteiger partial charge in [0.05, 0.1) is 18.8 Å². The van der Waals surface area contributed by atoms with Crippen LogP contribution in [0.5, 0.6) is 0 Å². The fraction of sp³-hybridized carbons (Fsp3) is 0.346. The highest BCUT2D eigenvalue weighted by Crippen LogP contribution is 2.34. The second kappa shape index (κ2) is 10.3. The number of benzene rings is 2. The number of carbonyl (C=O) groups is 1. The van der Waals surface area contributed by atoms with E-state index in [-0.39, 0.29) is 0 Å². The van der Waals surface area contributed by atoms with E-state index in [0.29, 0.717) is 19.1 Å². The van der Waals surface area contributed by atoms with Gasteiger partial charge >= 0.3 is 0 Å². The number of piperidine rings is 1. The van der Waals surface area contributed by atoms with E-state index >= 15 is 0 Å². The number of carbonyl (C=O) groups excluding carboxylic acids is 1. The third-order valence-corrected chi connectivity index (χ3v) is 7.58. The molecule has 0 saturated carbocycles. The minimum Gasteiger partial charge on any atom is -0.382 e. The Morgan fingerprint density at radius 3 is 2.61 bits per heavy atom. The molecule has 3 N–H and O–H groups in total. The first-order valence-corrected chi connectivity index (χ1v) is 13.9. The molecule has 4 rings (SSSR count). The predicted octanol–water partition coefficient (Wildman–Crippen LogP) is 3.95. The van der Waals surface area contributed by atoms with E-state index in [1.165, 1.54) is 0 Å². The Kier molecular flexibility index (Phi) is 7.23. The van der Waals surface area contributed by atoms with Crippen molar-refractivity contribution in [3.05, 3.63) is 54.2 Å². The smallest absolute Gasteiger partial charge is 0.133 e. The molecule has 1 aliphatic heterocycles. The van der Waals surface area contributed by atoms with Crippen LogP contribution in [0.25, 0.3) is 10.9 Å². The van der Waals surface area contributed by atoms with Crippen LogP contribution in [0.4, 0.5) is 11.4 Å². The summed E-state index contributed by atoms with van der Waals surface area (Å²) in [5, 5.41) is 9.00. The van der Waals surface area contributed by atoms with Crippen molar-refractivity contribution in [2.45, 2.75) is 18.9 Å². The quantitative estimate of drug-likeness (QED) is 0.282. The van der Waals surface area contributed by atoms with Crippen LogP contribution in [-0.2, 0) is 9.36 Å². The van der Waals surface area contributed by atoms with Gasteiger partial charge in [-0.1, -0.05) is 12.0 Å². The fourth-order valence-electron chi connectivity index (χ4n) is 4.16. The number of fused-ring (bicyclic) bond motifs is 1. The summed E-state index contributed by atoms with van der Waals surface area (Å²) in [7, 11) is -2.23. The molecule has 33 heavy (non-hydrogen) atoms. The molecular formula is C26H31N4O2P. The number of nitrogens with one attached hydrogen (secondary N) is 3. The Balaban J connectivity index is 1.37. The highest BCUT2D eigenvalue weighted by Gasteiger charge is 2.19. The minimum atomic E-state index is -2.23. The van der Waals surface area contributed by atoms with Crippen LogP contribution in [0.15, 0.2) is 48.5 Å². The molecule has 1 aliphatic rings. The number of hydrogen-bond acceptors (Lipinski definition) is 5. The van der Waals surface area contributed by atoms with Gasteiger partial charge in [0.1, 0.15) is 13.4 Å². The van der Waals surface area contributed by atoms with Gasteiger partial charge < -0.3 is 25.0 Å². The average molecular weight is 463 g/mol. The van der Waals surface area contributed by atoms with Gasteiger partial charge in [-0.15, -0.1) is 0 Å². The molecular weight excluding hydrogens is 431 g/mol. The summed E-state index contributed by atoms with van der Waals surface area (Å²) in [6.45, 7) is 6.50. The summed E-state index contributed by atoms with van der Waals surface area (Å²) in [6, 6.07) is 16.5. The van der Waals surface area contributed by atoms with Crippen LogP contribution >= 0.6 is 7.14 Å². The average Bonchev–Trinajstić information content (AvgIpc) is 3.22. The molecule has 2 heterocycles. The lowest BCUT2D eigenvalue weighted by molar-refractivity contribution is -0.109. The number of hydrogen-bond donors (Lipinski definition) is 3. The Morgan fingerprint density at radius 2 is 1.91 bits per heavy atom. The summed E-state index contributed by atoms with van der Waals surface area (Å²) < 4.78 is 12.1. The molecule has 1 fully saturated rings. The zero-order chi connectivity index (χ0) is 23.3. The number of anilines is 2. The molecule has 0 amide bonds. The molecule has 0 aliphatic carbocycles. The van der Waals surface area contributed by atoms with Gasteiger partial charge in [-0.25, -0.2) is 0 Å². The molecule has 1 saturated heterocycles. The first-order valence-electron chi connectivity index (χ1n) is 11.3. The van der Waals surface area contributed by atoms with Crippen LogP contribution in [-0.4, -0.2) is 61.7 Å². The number of rotatable bonds is 7. The van der Waals surface area contributed by atoms with E-state index in [9.17, 15) is 9.36 Å². The molecule has 0 spiro atoms. The number of aromatic amines is 1. The third-order valence-electron chi connectivity index (χ3n) is 6.04. The Morgan fingerprint density at radius 1 is 1.15 bits per heavy atom. The molecule has 2 aromatic carbocycles. The molecule has 0 unspecified atom stereocenters. The first-order chi connectivity index (χ1) is 15.9. The lowest BCUT2D eigenvalue weighted by Gasteiger charge is -2.31. The molecule has 7 heteroatoms. The fourth-order valence-corrected chi connectivity index (χ4v) is 5.02. The van der Waals surface area contributed by atoms with Crippen LogP contribution in [0.3, 0.4) is 0 Å². The van der Waals surface area contributed by atoms with Crippen LogP contribution < -0.4 is 15.9 Å². The summed E-state index contributed by atoms with van der Waals surface area (Å²) in [4.78, 5) is 16.3. The van der Waals surface area contributed by atoms with Gasteiger partial charge in [0, 0.05) is 46.7 Å². The summed E-state index contributed by atoms with van der Waals surface area (Å²) in [6.07, 6.45) is 3.04. The van der Waals surface area contributed by atoms with Crippen LogP contribution in [0.1, 0.15) is 18.5 Å². The Hall–Kier alpha value is -3.00. The SMILES string of the molecule is CP(C)(=O)c1ccc(NCC#Cc2cc3c(NC4CCN(CC=O)CC4)cccc3[nH]2)cc1. The van der Waals surface area contributed by atoms with Gasteiger partial charge in [-0.2, -0.15) is 0 Å². The van der Waals surface area contributed by atoms with E-state index in [1.54, 1.807) is 13.3 Å². The van der Waals surface area contributed by atoms with Crippen molar-refractivity contribution in [3.8, 4) is 11.8 Å². The number of aromatic nitrogens is 1. The maximum absolute atomic E-state index is 12.1. The van der Waals surface area contributed by atoms with E-state index in [2.05, 4.69) is 56.6 Å². The monoisotopic (exact) mass is 462 g/mol. The van der Waals surface area contributed by atoms with Gasteiger partial charge in [-0.05, 0) is 74.6 Å². The Labute approximate surface area is 195 Å². The van der Waals surface area contributed by atoms with Crippen molar-refractivity contribution >= 4 is 41.0 Å². The lowest BCUT2D eigenvalue weighted by atomic mass is 10.0. The number of likely N-dealkylation sites (tertiary alicyclic amines) is 1. The molecule has 0 bridgehead atoms. The highest BCUT2D eigenvalue weighted by atomic mass is 31.2. The van der Waals surface area contributed by atoms with Gasteiger partial charge in [0.15, 0.2) is 0 Å². The van der Waals surface area contributed by atoms with E-state index in [0.717, 1.165) is 65.5 Å². The third kappa shape index (κ3) is 6.07. The zero-order valence-corrected chi connectivity index (χ0v) is 20.1. The van der Waals surface area contributed by atoms with Crippen LogP contribution in [0, 0.1) is 11.8 Å². The molecule has 172 valence electrons. The molecule has 6 nitrogen and oxygen atoms in total. The molecule has 0 radical (unpaired) electrons. The largest absolute Gasteiger partial charge is 0.382 e. The molecule has 0 atom stereocenters. The van der Waals surface area contributed by atoms with Crippen molar-refractivity contribution in [2.24, 2.45) is 0 Å². The lowest BCUT2D eigenvalue weighted by Crippen LogP contribution is -2.39. The topological polar surface area (TPSA) is 77.2 Å². The maximum atomic E-state index is 12.1. The zero-order valence-electron chi connectivity index (χ0n) is 19.2. The van der Waals surface area contributed by atoms with Crippen molar-refractivity contribution < 1.29 is 9.36 Å². The van der Waals surface area contributed by atoms with Gasteiger partial charge in [0.2, 0.25) is 0 Å². The van der Waals surface area contributed by atoms with Crippen molar-refractivity contribution in [3.63, 3.8) is 0 Å². The predicted molar refractivity (Wildman–Crippen MR) is 138 cm³/mol. The maximum Gasteiger partial charge on any atom is 0.133 e. The first kappa shape index (κ1) is 23.2. The summed E-state index contributed by atoms with van der Waals surface area (Å²) in [5.41, 5.74) is 4.03. The van der Waals surface area contributed by atoms with Crippen molar-refractivity contribution in [1.29, 1.82) is 0 Å². The second-order valence-corrected chi connectivity index (χ2v) is 12.1. The number of nitrogens with zero attached hydrogens (tertiary/aromatic N) is 1. The standard InChI is InChI=1S/C26H31N4O2P/c1-33(2,32)23-10-8-20(9-11-23)27-14-4-5-22-19-24-25(6-3-7-26(24)29-22)28-21-12-15-30(16-13-21)17-18-31/h3,6-11,18-19,21,27-29H,12-17H2,1-2H3. The number of H-pyrrole nitrogens is 1. The van der Waals surface area contributed by atoms with E-state index in [1.807, 2.05) is 24.3 Å². The van der Waals surface area contributed by atoms with Crippen LogP contribution in [0.2, 0.25) is 0 Å². The van der Waals surface area contributed by atoms with Crippen molar-refractivity contribution in [2.75, 3.05) is 50.1 Å². The Bertz CT molecular complexity index is 1210. The van der Waals surface area contributed by atoms with E-state index in [4.69, 9.17) is 0 Å². The number of aldehydes is 1. The highest BCUT2D eigenvalue weighted by molar-refractivity contribution is 7.70. The molecule has 1 aromatic heterocycles.